The lowest BCUT2D eigenvalue weighted by atomic mass is 9.88. The molecule has 0 atom stereocenters. The van der Waals surface area contributed by atoms with Crippen LogP contribution >= 0.6 is 0 Å². The number of anilines is 2. The van der Waals surface area contributed by atoms with Crippen molar-refractivity contribution in [2.75, 3.05) is 10.6 Å². The first kappa shape index (κ1) is 14.6. The van der Waals surface area contributed by atoms with Gasteiger partial charge in [-0.3, -0.25) is 9.59 Å². The van der Waals surface area contributed by atoms with Gasteiger partial charge in [0.1, 0.15) is 0 Å². The van der Waals surface area contributed by atoms with Crippen molar-refractivity contribution in [3.63, 3.8) is 0 Å². The highest BCUT2D eigenvalue weighted by Crippen LogP contribution is 2.26. The number of amides is 2. The highest BCUT2D eigenvalue weighted by atomic mass is 16.2. The maximum Gasteiger partial charge on any atom is 0.227 e. The average molecular weight is 274 g/mol. The second-order valence-corrected chi connectivity index (χ2v) is 5.54. The van der Waals surface area contributed by atoms with Crippen LogP contribution in [0.15, 0.2) is 18.2 Å². The minimum absolute atomic E-state index is 0.0907. The Morgan fingerprint density at radius 1 is 1.10 bits per heavy atom. The van der Waals surface area contributed by atoms with Crippen LogP contribution < -0.4 is 10.6 Å². The van der Waals surface area contributed by atoms with Crippen LogP contribution in [0.5, 0.6) is 0 Å². The third-order valence-electron chi connectivity index (χ3n) is 3.78. The fourth-order valence-corrected chi connectivity index (χ4v) is 2.68. The van der Waals surface area contributed by atoms with Crippen LogP contribution in [0.25, 0.3) is 0 Å². The van der Waals surface area contributed by atoms with E-state index in [-0.39, 0.29) is 17.7 Å². The third-order valence-corrected chi connectivity index (χ3v) is 3.78. The number of carbonyl (C=O) groups excluding carboxylic acids is 2. The molecule has 0 unspecified atom stereocenters. The number of nitrogens with one attached hydrogen (secondary N) is 2. The van der Waals surface area contributed by atoms with Crippen molar-refractivity contribution in [2.45, 2.75) is 46.0 Å². The van der Waals surface area contributed by atoms with Gasteiger partial charge in [-0.05, 0) is 43.5 Å². The van der Waals surface area contributed by atoms with Gasteiger partial charge in [-0.1, -0.05) is 19.3 Å². The number of carbonyl (C=O) groups is 2. The van der Waals surface area contributed by atoms with Crippen molar-refractivity contribution in [1.29, 1.82) is 0 Å². The molecule has 20 heavy (non-hydrogen) atoms. The Bertz CT molecular complexity index is 505. The molecular formula is C16H22N2O2. The lowest BCUT2D eigenvalue weighted by molar-refractivity contribution is -0.120. The van der Waals surface area contributed by atoms with Crippen LogP contribution in [-0.2, 0) is 9.59 Å². The number of hydrogen-bond acceptors (Lipinski definition) is 2. The summed E-state index contributed by atoms with van der Waals surface area (Å²) in [6.45, 7) is 3.40. The third kappa shape index (κ3) is 3.83. The molecule has 108 valence electrons. The van der Waals surface area contributed by atoms with Gasteiger partial charge in [0, 0.05) is 24.2 Å². The minimum atomic E-state index is -0.0907. The zero-order valence-corrected chi connectivity index (χ0v) is 12.2. The lowest BCUT2D eigenvalue weighted by Gasteiger charge is -2.21. The van der Waals surface area contributed by atoms with E-state index in [1.54, 1.807) is 0 Å². The summed E-state index contributed by atoms with van der Waals surface area (Å²) >= 11 is 0. The smallest absolute Gasteiger partial charge is 0.227 e. The first-order valence-electron chi connectivity index (χ1n) is 7.25. The molecule has 0 bridgehead atoms. The summed E-state index contributed by atoms with van der Waals surface area (Å²) in [4.78, 5) is 23.2. The van der Waals surface area contributed by atoms with Crippen molar-refractivity contribution >= 4 is 23.2 Å². The van der Waals surface area contributed by atoms with Gasteiger partial charge >= 0.3 is 0 Å². The Balaban J connectivity index is 2.00. The van der Waals surface area contributed by atoms with E-state index in [9.17, 15) is 9.59 Å². The SMILES string of the molecule is CC(=O)Nc1ccc(NC(=O)C2CCCCC2)cc1C. The largest absolute Gasteiger partial charge is 0.326 e. The van der Waals surface area contributed by atoms with Gasteiger partial charge in [0.05, 0.1) is 0 Å². The first-order chi connectivity index (χ1) is 9.56. The number of aryl methyl sites for hydroxylation is 1. The monoisotopic (exact) mass is 274 g/mol. The Morgan fingerprint density at radius 3 is 2.40 bits per heavy atom. The van der Waals surface area contributed by atoms with Crippen molar-refractivity contribution in [2.24, 2.45) is 5.92 Å². The van der Waals surface area contributed by atoms with Gasteiger partial charge in [-0.25, -0.2) is 0 Å². The Labute approximate surface area is 119 Å². The average Bonchev–Trinajstić information content (AvgIpc) is 2.42. The molecule has 0 saturated heterocycles. The van der Waals surface area contributed by atoms with Gasteiger partial charge in [0.15, 0.2) is 0 Å². The van der Waals surface area contributed by atoms with Crippen LogP contribution in [-0.4, -0.2) is 11.8 Å². The van der Waals surface area contributed by atoms with E-state index in [0.29, 0.717) is 0 Å². The van der Waals surface area contributed by atoms with Crippen LogP contribution in [0.1, 0.15) is 44.6 Å². The summed E-state index contributed by atoms with van der Waals surface area (Å²) < 4.78 is 0. The Morgan fingerprint density at radius 2 is 1.80 bits per heavy atom. The maximum absolute atomic E-state index is 12.2. The van der Waals surface area contributed by atoms with E-state index in [1.807, 2.05) is 25.1 Å². The summed E-state index contributed by atoms with van der Waals surface area (Å²) in [6, 6.07) is 5.55. The Hall–Kier alpha value is -1.84. The normalized spacial score (nSPS) is 15.7. The van der Waals surface area contributed by atoms with Gasteiger partial charge in [-0.15, -0.1) is 0 Å². The molecule has 1 aliphatic rings. The van der Waals surface area contributed by atoms with Gasteiger partial charge in [0.2, 0.25) is 11.8 Å². The molecule has 1 aromatic rings. The van der Waals surface area contributed by atoms with E-state index in [4.69, 9.17) is 0 Å². The van der Waals surface area contributed by atoms with E-state index in [0.717, 1.165) is 42.6 Å². The number of hydrogen-bond donors (Lipinski definition) is 2. The minimum Gasteiger partial charge on any atom is -0.326 e. The zero-order chi connectivity index (χ0) is 14.5. The van der Waals surface area contributed by atoms with E-state index < -0.39 is 0 Å². The van der Waals surface area contributed by atoms with Crippen LogP contribution in [0.2, 0.25) is 0 Å². The molecule has 0 aromatic heterocycles. The van der Waals surface area contributed by atoms with Gasteiger partial charge in [-0.2, -0.15) is 0 Å². The molecule has 0 radical (unpaired) electrons. The maximum atomic E-state index is 12.2. The molecule has 0 heterocycles. The van der Waals surface area contributed by atoms with Crippen molar-refractivity contribution in [1.82, 2.24) is 0 Å². The topological polar surface area (TPSA) is 58.2 Å². The summed E-state index contributed by atoms with van der Waals surface area (Å²) in [7, 11) is 0. The van der Waals surface area contributed by atoms with E-state index in [2.05, 4.69) is 10.6 Å². The molecular weight excluding hydrogens is 252 g/mol. The molecule has 4 nitrogen and oxygen atoms in total. The van der Waals surface area contributed by atoms with Gasteiger partial charge in [0.25, 0.3) is 0 Å². The predicted molar refractivity (Wildman–Crippen MR) is 80.7 cm³/mol. The van der Waals surface area contributed by atoms with Crippen LogP contribution in [0.4, 0.5) is 11.4 Å². The first-order valence-corrected chi connectivity index (χ1v) is 7.25. The van der Waals surface area contributed by atoms with Gasteiger partial charge < -0.3 is 10.6 Å². The zero-order valence-electron chi connectivity index (χ0n) is 12.2. The predicted octanol–water partition coefficient (Wildman–Crippen LogP) is 3.47. The van der Waals surface area contributed by atoms with Crippen molar-refractivity contribution in [3.8, 4) is 0 Å². The summed E-state index contributed by atoms with van der Waals surface area (Å²) in [5.41, 5.74) is 2.53. The molecule has 2 N–H and O–H groups in total. The molecule has 1 aliphatic carbocycles. The molecule has 2 amide bonds. The van der Waals surface area contributed by atoms with Crippen LogP contribution in [0, 0.1) is 12.8 Å². The molecule has 2 rings (SSSR count). The molecule has 1 aromatic carbocycles. The van der Waals surface area contributed by atoms with E-state index >= 15 is 0 Å². The quantitative estimate of drug-likeness (QED) is 0.886. The summed E-state index contributed by atoms with van der Waals surface area (Å²) in [6.07, 6.45) is 5.54. The molecule has 0 aliphatic heterocycles. The number of rotatable bonds is 3. The Kier molecular flexibility index (Phi) is 4.77. The summed E-state index contributed by atoms with van der Waals surface area (Å²) in [5.74, 6) is 0.183. The molecule has 4 heteroatoms. The standard InChI is InChI=1S/C16H22N2O2/c1-11-10-14(8-9-15(11)17-12(2)19)18-16(20)13-6-4-3-5-7-13/h8-10,13H,3-7H2,1-2H3,(H,17,19)(H,18,20). The highest BCUT2D eigenvalue weighted by Gasteiger charge is 2.21. The highest BCUT2D eigenvalue weighted by molar-refractivity contribution is 5.94. The molecule has 0 spiro atoms. The van der Waals surface area contributed by atoms with Crippen LogP contribution in [0.3, 0.4) is 0 Å². The second kappa shape index (κ2) is 6.55. The molecule has 1 saturated carbocycles. The lowest BCUT2D eigenvalue weighted by Crippen LogP contribution is -2.24. The van der Waals surface area contributed by atoms with Crippen molar-refractivity contribution < 1.29 is 9.59 Å². The fraction of sp³-hybridized carbons (Fsp3) is 0.500. The fourth-order valence-electron chi connectivity index (χ4n) is 2.68. The van der Waals surface area contributed by atoms with Crippen molar-refractivity contribution in [3.05, 3.63) is 23.8 Å². The van der Waals surface area contributed by atoms with E-state index in [1.165, 1.54) is 13.3 Å². The summed E-state index contributed by atoms with van der Waals surface area (Å²) in [5, 5.41) is 5.75. The number of benzene rings is 1. The molecule has 1 fully saturated rings. The second-order valence-electron chi connectivity index (χ2n) is 5.54.